The summed E-state index contributed by atoms with van der Waals surface area (Å²) in [5.74, 6) is 0.497. The topological polar surface area (TPSA) is 31.4 Å². The largest absolute Gasteiger partial charge is 0.376 e. The minimum Gasteiger partial charge on any atom is -0.376 e. The molecule has 0 radical (unpaired) electrons. The second-order valence-electron chi connectivity index (χ2n) is 6.03. The van der Waals surface area contributed by atoms with Gasteiger partial charge < -0.3 is 9.47 Å². The Balaban J connectivity index is 2.02. The minimum absolute atomic E-state index is 0.249. The van der Waals surface area contributed by atoms with Crippen LogP contribution in [0.25, 0.3) is 10.9 Å². The maximum Gasteiger partial charge on any atom is 0.105 e. The molecular weight excluding hydrogens is 262 g/mol. The van der Waals surface area contributed by atoms with Crippen molar-refractivity contribution in [2.45, 2.75) is 45.8 Å². The summed E-state index contributed by atoms with van der Waals surface area (Å²) in [4.78, 5) is 4.61. The van der Waals surface area contributed by atoms with Crippen LogP contribution in [0.15, 0.2) is 24.4 Å². The molecule has 0 aliphatic carbocycles. The van der Waals surface area contributed by atoms with Crippen LogP contribution in [0.5, 0.6) is 0 Å². The fourth-order valence-corrected chi connectivity index (χ4v) is 2.75. The van der Waals surface area contributed by atoms with E-state index in [2.05, 4.69) is 44.0 Å². The lowest BCUT2D eigenvalue weighted by Gasteiger charge is -2.26. The molecule has 3 nitrogen and oxygen atoms in total. The molecular formula is C18H23NO2. The molecule has 0 saturated carbocycles. The van der Waals surface area contributed by atoms with Gasteiger partial charge in [-0.3, -0.25) is 4.98 Å². The smallest absolute Gasteiger partial charge is 0.105 e. The van der Waals surface area contributed by atoms with Crippen LogP contribution in [0.1, 0.15) is 43.4 Å². The Labute approximate surface area is 126 Å². The van der Waals surface area contributed by atoms with E-state index in [0.29, 0.717) is 12.5 Å². The average Bonchev–Trinajstić information content (AvgIpc) is 2.44. The van der Waals surface area contributed by atoms with Crippen molar-refractivity contribution in [3.05, 3.63) is 41.1 Å². The van der Waals surface area contributed by atoms with Crippen LogP contribution < -0.4 is 0 Å². The zero-order valence-electron chi connectivity index (χ0n) is 13.1. The first-order chi connectivity index (χ1) is 10.2. The van der Waals surface area contributed by atoms with Crippen molar-refractivity contribution in [1.29, 1.82) is 0 Å². The number of aryl methyl sites for hydroxylation is 1. The summed E-state index contributed by atoms with van der Waals surface area (Å²) in [6.07, 6.45) is 3.19. The molecule has 0 N–H and O–H groups in total. The van der Waals surface area contributed by atoms with Crippen LogP contribution in [0.2, 0.25) is 0 Å². The zero-order valence-corrected chi connectivity index (χ0v) is 13.1. The third-order valence-electron chi connectivity index (χ3n) is 4.13. The first-order valence-corrected chi connectivity index (χ1v) is 7.78. The number of aromatic nitrogens is 1. The fraction of sp³-hybridized carbons (Fsp3) is 0.500. The minimum atomic E-state index is 0.249. The van der Waals surface area contributed by atoms with E-state index in [0.717, 1.165) is 25.2 Å². The van der Waals surface area contributed by atoms with Crippen molar-refractivity contribution in [3.63, 3.8) is 0 Å². The van der Waals surface area contributed by atoms with Gasteiger partial charge in [0.25, 0.3) is 0 Å². The highest BCUT2D eigenvalue weighted by Crippen LogP contribution is 2.28. The molecule has 1 aliphatic heterocycles. The van der Waals surface area contributed by atoms with Crippen LogP contribution in [-0.2, 0) is 22.5 Å². The Morgan fingerprint density at radius 1 is 1.33 bits per heavy atom. The molecule has 3 heteroatoms. The van der Waals surface area contributed by atoms with Gasteiger partial charge in [-0.25, -0.2) is 0 Å². The molecule has 0 atom stereocenters. The number of hydrogen-bond donors (Lipinski definition) is 0. The van der Waals surface area contributed by atoms with E-state index in [1.807, 2.05) is 6.20 Å². The van der Waals surface area contributed by atoms with Gasteiger partial charge in [0.1, 0.15) is 6.10 Å². The Bertz CT molecular complexity index is 632. The maximum absolute atomic E-state index is 5.91. The Kier molecular flexibility index (Phi) is 4.22. The van der Waals surface area contributed by atoms with E-state index in [1.54, 1.807) is 0 Å². The third-order valence-corrected chi connectivity index (χ3v) is 4.13. The lowest BCUT2D eigenvalue weighted by Crippen LogP contribution is -2.35. The standard InChI is InChI=1S/C18H23NO2/c1-4-13-7-14(9-21-15-10-20-11-15)18-17(8-13)16(12(2)3)5-6-19-18/h5-8,12,15H,4,9-11H2,1-3H3. The van der Waals surface area contributed by atoms with Gasteiger partial charge in [-0.15, -0.1) is 0 Å². The van der Waals surface area contributed by atoms with Crippen molar-refractivity contribution in [1.82, 2.24) is 4.98 Å². The molecule has 0 spiro atoms. The molecule has 112 valence electrons. The summed E-state index contributed by atoms with van der Waals surface area (Å²) in [6.45, 7) is 8.71. The quantitative estimate of drug-likeness (QED) is 0.836. The highest BCUT2D eigenvalue weighted by atomic mass is 16.6. The SMILES string of the molecule is CCc1cc(COC2COC2)c2nccc(C(C)C)c2c1. The van der Waals surface area contributed by atoms with E-state index in [-0.39, 0.29) is 6.10 Å². The molecule has 1 aliphatic rings. The molecule has 3 rings (SSSR count). The second-order valence-corrected chi connectivity index (χ2v) is 6.03. The van der Waals surface area contributed by atoms with Gasteiger partial charge in [0, 0.05) is 17.1 Å². The van der Waals surface area contributed by atoms with Crippen molar-refractivity contribution in [3.8, 4) is 0 Å². The number of ether oxygens (including phenoxy) is 2. The normalized spacial score (nSPS) is 15.6. The molecule has 0 amide bonds. The van der Waals surface area contributed by atoms with Crippen LogP contribution in [0, 0.1) is 0 Å². The van der Waals surface area contributed by atoms with Gasteiger partial charge in [-0.05, 0) is 35.6 Å². The van der Waals surface area contributed by atoms with Crippen LogP contribution in [0.3, 0.4) is 0 Å². The van der Waals surface area contributed by atoms with Crippen LogP contribution in [0.4, 0.5) is 0 Å². The molecule has 2 heterocycles. The van der Waals surface area contributed by atoms with Gasteiger partial charge in [-0.2, -0.15) is 0 Å². The van der Waals surface area contributed by atoms with Crippen LogP contribution in [-0.4, -0.2) is 24.3 Å². The predicted molar refractivity (Wildman–Crippen MR) is 84.6 cm³/mol. The second kappa shape index (κ2) is 6.12. The van der Waals surface area contributed by atoms with E-state index in [1.165, 1.54) is 22.1 Å². The van der Waals surface area contributed by atoms with E-state index in [9.17, 15) is 0 Å². The summed E-state index contributed by atoms with van der Waals surface area (Å²) < 4.78 is 11.1. The van der Waals surface area contributed by atoms with Crippen LogP contribution >= 0.6 is 0 Å². The first kappa shape index (κ1) is 14.5. The molecule has 0 bridgehead atoms. The number of rotatable bonds is 5. The summed E-state index contributed by atoms with van der Waals surface area (Å²) in [7, 11) is 0. The monoisotopic (exact) mass is 285 g/mol. The molecule has 1 saturated heterocycles. The van der Waals surface area contributed by atoms with Gasteiger partial charge in [-0.1, -0.05) is 26.8 Å². The van der Waals surface area contributed by atoms with Crippen molar-refractivity contribution in [2.24, 2.45) is 0 Å². The lowest BCUT2D eigenvalue weighted by atomic mass is 9.95. The van der Waals surface area contributed by atoms with E-state index >= 15 is 0 Å². The predicted octanol–water partition coefficient (Wildman–Crippen LogP) is 3.84. The summed E-state index contributed by atoms with van der Waals surface area (Å²) in [5.41, 5.74) is 4.99. The molecule has 1 fully saturated rings. The molecule has 21 heavy (non-hydrogen) atoms. The first-order valence-electron chi connectivity index (χ1n) is 7.78. The van der Waals surface area contributed by atoms with Gasteiger partial charge >= 0.3 is 0 Å². The third kappa shape index (κ3) is 2.94. The highest BCUT2D eigenvalue weighted by Gasteiger charge is 2.19. The van der Waals surface area contributed by atoms with Crippen molar-refractivity contribution < 1.29 is 9.47 Å². The number of benzene rings is 1. The number of fused-ring (bicyclic) bond motifs is 1. The summed E-state index contributed by atoms with van der Waals surface area (Å²) in [5, 5.41) is 1.27. The summed E-state index contributed by atoms with van der Waals surface area (Å²) in [6, 6.07) is 6.66. The molecule has 1 aromatic carbocycles. The van der Waals surface area contributed by atoms with Gasteiger partial charge in [0.15, 0.2) is 0 Å². The molecule has 2 aromatic rings. The van der Waals surface area contributed by atoms with Crippen molar-refractivity contribution in [2.75, 3.05) is 13.2 Å². The van der Waals surface area contributed by atoms with Crippen molar-refractivity contribution >= 4 is 10.9 Å². The summed E-state index contributed by atoms with van der Waals surface area (Å²) >= 11 is 0. The Hall–Kier alpha value is -1.45. The maximum atomic E-state index is 5.91. The van der Waals surface area contributed by atoms with Gasteiger partial charge in [0.05, 0.1) is 25.3 Å². The Morgan fingerprint density at radius 3 is 2.76 bits per heavy atom. The van der Waals surface area contributed by atoms with E-state index in [4.69, 9.17) is 9.47 Å². The molecule has 1 aromatic heterocycles. The number of hydrogen-bond acceptors (Lipinski definition) is 3. The average molecular weight is 285 g/mol. The Morgan fingerprint density at radius 2 is 2.14 bits per heavy atom. The lowest BCUT2D eigenvalue weighted by molar-refractivity contribution is -0.135. The molecule has 0 unspecified atom stereocenters. The fourth-order valence-electron chi connectivity index (χ4n) is 2.75. The van der Waals surface area contributed by atoms with E-state index < -0.39 is 0 Å². The number of pyridine rings is 1. The zero-order chi connectivity index (χ0) is 14.8. The van der Waals surface area contributed by atoms with Gasteiger partial charge in [0.2, 0.25) is 0 Å². The number of nitrogens with zero attached hydrogens (tertiary/aromatic N) is 1. The highest BCUT2D eigenvalue weighted by molar-refractivity contribution is 5.86.